The van der Waals surface area contributed by atoms with Crippen molar-refractivity contribution < 1.29 is 0 Å². The molecule has 1 unspecified atom stereocenters. The van der Waals surface area contributed by atoms with Gasteiger partial charge >= 0.3 is 0 Å². The lowest BCUT2D eigenvalue weighted by Crippen LogP contribution is -2.23. The summed E-state index contributed by atoms with van der Waals surface area (Å²) in [7, 11) is 2.03. The van der Waals surface area contributed by atoms with Crippen LogP contribution in [0.25, 0.3) is 10.9 Å². The van der Waals surface area contributed by atoms with Gasteiger partial charge in [0.05, 0.1) is 0 Å². The minimum Gasteiger partial charge on any atom is -0.347 e. The molecule has 1 aliphatic carbocycles. The maximum absolute atomic E-state index is 3.31. The first-order valence-corrected chi connectivity index (χ1v) is 8.01. The van der Waals surface area contributed by atoms with E-state index in [1.807, 2.05) is 7.05 Å². The minimum atomic E-state index is 0.535. The number of likely N-dealkylation sites (N-methyl/N-ethyl adjacent to an activating group) is 1. The Kier molecular flexibility index (Phi) is 4.11. The van der Waals surface area contributed by atoms with Crippen molar-refractivity contribution in [3.63, 3.8) is 0 Å². The van der Waals surface area contributed by atoms with Gasteiger partial charge in [-0.05, 0) is 68.3 Å². The number of benzene rings is 1. The molecule has 1 N–H and O–H groups in total. The number of hydrogen-bond donors (Lipinski definition) is 1. The molecule has 0 spiro atoms. The maximum Gasteiger partial charge on any atom is 0.0480 e. The van der Waals surface area contributed by atoms with Gasteiger partial charge in [0.15, 0.2) is 0 Å². The van der Waals surface area contributed by atoms with Crippen LogP contribution in [0.4, 0.5) is 0 Å². The summed E-state index contributed by atoms with van der Waals surface area (Å²) in [5, 5.41) is 4.70. The van der Waals surface area contributed by atoms with Gasteiger partial charge in [0, 0.05) is 24.3 Å². The number of aromatic nitrogens is 1. The lowest BCUT2D eigenvalue weighted by Gasteiger charge is -2.13. The van der Waals surface area contributed by atoms with Crippen molar-refractivity contribution in [1.29, 1.82) is 0 Å². The quantitative estimate of drug-likeness (QED) is 0.869. The number of nitrogens with zero attached hydrogens (tertiary/aromatic N) is 1. The Balaban J connectivity index is 1.78. The normalized spacial score (nSPS) is 17.9. The Morgan fingerprint density at radius 1 is 1.25 bits per heavy atom. The third kappa shape index (κ3) is 2.90. The van der Waals surface area contributed by atoms with E-state index in [2.05, 4.69) is 47.3 Å². The zero-order valence-electron chi connectivity index (χ0n) is 12.7. The predicted molar refractivity (Wildman–Crippen MR) is 86.1 cm³/mol. The van der Waals surface area contributed by atoms with Crippen molar-refractivity contribution in [2.75, 3.05) is 7.05 Å². The molecule has 2 heteroatoms. The van der Waals surface area contributed by atoms with Gasteiger partial charge in [0.1, 0.15) is 0 Å². The van der Waals surface area contributed by atoms with Gasteiger partial charge < -0.3 is 9.88 Å². The molecule has 2 aromatic rings. The summed E-state index contributed by atoms with van der Waals surface area (Å²) in [5.74, 6) is 0.898. The zero-order chi connectivity index (χ0) is 13.9. The summed E-state index contributed by atoms with van der Waals surface area (Å²) < 4.78 is 2.45. The van der Waals surface area contributed by atoms with Crippen molar-refractivity contribution in [3.05, 3.63) is 36.0 Å². The predicted octanol–water partition coefficient (Wildman–Crippen LogP) is 3.98. The Hall–Kier alpha value is -1.28. The topological polar surface area (TPSA) is 17.0 Å². The fourth-order valence-corrected chi connectivity index (χ4v) is 3.46. The Labute approximate surface area is 122 Å². The fraction of sp³-hybridized carbons (Fsp3) is 0.556. The van der Waals surface area contributed by atoms with Crippen LogP contribution in [0.15, 0.2) is 30.5 Å². The third-order valence-corrected chi connectivity index (χ3v) is 4.80. The van der Waals surface area contributed by atoms with Crippen LogP contribution in [0.1, 0.15) is 38.2 Å². The molecule has 1 atom stereocenters. The van der Waals surface area contributed by atoms with E-state index in [0.29, 0.717) is 6.04 Å². The molecule has 1 fully saturated rings. The molecule has 0 saturated heterocycles. The van der Waals surface area contributed by atoms with E-state index in [9.17, 15) is 0 Å². The SMILES string of the molecule is CNC(C)Cc1ccc2c(ccn2CC2CCCC2)c1. The van der Waals surface area contributed by atoms with Crippen LogP contribution in [-0.4, -0.2) is 17.7 Å². The highest BCUT2D eigenvalue weighted by Crippen LogP contribution is 2.28. The van der Waals surface area contributed by atoms with E-state index < -0.39 is 0 Å². The number of fused-ring (bicyclic) bond motifs is 1. The molecule has 108 valence electrons. The van der Waals surface area contributed by atoms with Crippen molar-refractivity contribution >= 4 is 10.9 Å². The fourth-order valence-electron chi connectivity index (χ4n) is 3.46. The van der Waals surface area contributed by atoms with Crippen LogP contribution in [-0.2, 0) is 13.0 Å². The van der Waals surface area contributed by atoms with Crippen molar-refractivity contribution in [2.45, 2.75) is 51.6 Å². The Morgan fingerprint density at radius 2 is 2.05 bits per heavy atom. The summed E-state index contributed by atoms with van der Waals surface area (Å²) in [6, 6.07) is 9.77. The van der Waals surface area contributed by atoms with Crippen LogP contribution in [0.2, 0.25) is 0 Å². The van der Waals surface area contributed by atoms with Crippen LogP contribution >= 0.6 is 0 Å². The molecule has 1 saturated carbocycles. The molecule has 1 aliphatic rings. The van der Waals surface area contributed by atoms with E-state index in [-0.39, 0.29) is 0 Å². The minimum absolute atomic E-state index is 0.535. The first kappa shape index (κ1) is 13.7. The molecule has 1 aromatic carbocycles. The zero-order valence-corrected chi connectivity index (χ0v) is 12.7. The molecular formula is C18H26N2. The molecule has 0 aliphatic heterocycles. The number of nitrogens with one attached hydrogen (secondary N) is 1. The second kappa shape index (κ2) is 6.01. The third-order valence-electron chi connectivity index (χ3n) is 4.80. The van der Waals surface area contributed by atoms with E-state index in [1.54, 1.807) is 0 Å². The van der Waals surface area contributed by atoms with Gasteiger partial charge in [-0.2, -0.15) is 0 Å². The van der Waals surface area contributed by atoms with Gasteiger partial charge in [-0.3, -0.25) is 0 Å². The van der Waals surface area contributed by atoms with Crippen LogP contribution in [0.3, 0.4) is 0 Å². The van der Waals surface area contributed by atoms with Gasteiger partial charge in [-0.1, -0.05) is 18.9 Å². The lowest BCUT2D eigenvalue weighted by atomic mass is 10.1. The first-order valence-electron chi connectivity index (χ1n) is 8.01. The maximum atomic E-state index is 3.31. The average molecular weight is 270 g/mol. The summed E-state index contributed by atoms with van der Waals surface area (Å²) in [4.78, 5) is 0. The number of rotatable bonds is 5. The summed E-state index contributed by atoms with van der Waals surface area (Å²) in [6.07, 6.45) is 9.05. The van der Waals surface area contributed by atoms with Crippen molar-refractivity contribution in [3.8, 4) is 0 Å². The summed E-state index contributed by atoms with van der Waals surface area (Å²) in [6.45, 7) is 3.44. The van der Waals surface area contributed by atoms with Crippen LogP contribution < -0.4 is 5.32 Å². The van der Waals surface area contributed by atoms with Gasteiger partial charge in [0.2, 0.25) is 0 Å². The monoisotopic (exact) mass is 270 g/mol. The van der Waals surface area contributed by atoms with E-state index in [4.69, 9.17) is 0 Å². The van der Waals surface area contributed by atoms with E-state index in [1.165, 1.54) is 48.7 Å². The van der Waals surface area contributed by atoms with Crippen LogP contribution in [0.5, 0.6) is 0 Å². The smallest absolute Gasteiger partial charge is 0.0480 e. The van der Waals surface area contributed by atoms with Crippen molar-refractivity contribution in [1.82, 2.24) is 9.88 Å². The van der Waals surface area contributed by atoms with Gasteiger partial charge in [0.25, 0.3) is 0 Å². The molecule has 3 rings (SSSR count). The van der Waals surface area contributed by atoms with E-state index >= 15 is 0 Å². The largest absolute Gasteiger partial charge is 0.347 e. The highest BCUT2D eigenvalue weighted by molar-refractivity contribution is 5.80. The van der Waals surface area contributed by atoms with Crippen LogP contribution in [0, 0.1) is 5.92 Å². The van der Waals surface area contributed by atoms with E-state index in [0.717, 1.165) is 12.3 Å². The molecule has 0 amide bonds. The first-order chi connectivity index (χ1) is 9.76. The van der Waals surface area contributed by atoms with Crippen molar-refractivity contribution in [2.24, 2.45) is 5.92 Å². The number of hydrogen-bond acceptors (Lipinski definition) is 1. The molecule has 20 heavy (non-hydrogen) atoms. The highest BCUT2D eigenvalue weighted by Gasteiger charge is 2.16. The molecule has 1 heterocycles. The average Bonchev–Trinajstić information content (AvgIpc) is 3.09. The summed E-state index contributed by atoms with van der Waals surface area (Å²) in [5.41, 5.74) is 2.83. The molecular weight excluding hydrogens is 244 g/mol. The Bertz CT molecular complexity index is 564. The highest BCUT2D eigenvalue weighted by atomic mass is 15.0. The second-order valence-electron chi connectivity index (χ2n) is 6.41. The molecule has 1 aromatic heterocycles. The van der Waals surface area contributed by atoms with Gasteiger partial charge in [-0.25, -0.2) is 0 Å². The Morgan fingerprint density at radius 3 is 2.80 bits per heavy atom. The standard InChI is InChI=1S/C18H26N2/c1-14(19-2)11-16-7-8-18-17(12-16)9-10-20(18)13-15-5-3-4-6-15/h7-10,12,14-15,19H,3-6,11,13H2,1-2H3. The lowest BCUT2D eigenvalue weighted by molar-refractivity contribution is 0.466. The van der Waals surface area contributed by atoms with Gasteiger partial charge in [-0.15, -0.1) is 0 Å². The molecule has 0 bridgehead atoms. The second-order valence-corrected chi connectivity index (χ2v) is 6.41. The molecule has 0 radical (unpaired) electrons. The summed E-state index contributed by atoms with van der Waals surface area (Å²) >= 11 is 0. The molecule has 2 nitrogen and oxygen atoms in total.